The molecule has 1 aliphatic heterocycles. The van der Waals surface area contributed by atoms with Crippen molar-refractivity contribution < 1.29 is 14.3 Å². The Balaban J connectivity index is 2.44. The van der Waals surface area contributed by atoms with Crippen molar-refractivity contribution in [1.82, 2.24) is 0 Å². The van der Waals surface area contributed by atoms with Crippen molar-refractivity contribution in [1.29, 1.82) is 0 Å². The first-order valence-electron chi connectivity index (χ1n) is 4.66. The molecule has 0 N–H and O–H groups in total. The van der Waals surface area contributed by atoms with Crippen molar-refractivity contribution in [2.75, 3.05) is 7.11 Å². The van der Waals surface area contributed by atoms with Gasteiger partial charge in [0.1, 0.15) is 11.5 Å². The first-order chi connectivity index (χ1) is 6.76. The molecule has 1 aliphatic rings. The minimum absolute atomic E-state index is 0.125. The molecule has 0 radical (unpaired) electrons. The molecule has 1 aromatic carbocycles. The Hall–Kier alpha value is -1.51. The summed E-state index contributed by atoms with van der Waals surface area (Å²) in [7, 11) is 1.61. The number of carbonyl (C=O) groups is 1. The highest BCUT2D eigenvalue weighted by Crippen LogP contribution is 2.38. The standard InChI is InChI=1S/C11H12O3/c1-3-8-9-6-7(13-2)4-5-10(9)14-11(8)12/h4-6,8H,3H2,1-2H3. The third kappa shape index (κ3) is 1.25. The fourth-order valence-electron chi connectivity index (χ4n) is 1.71. The van der Waals surface area contributed by atoms with Crippen LogP contribution in [0.4, 0.5) is 0 Å². The van der Waals surface area contributed by atoms with Gasteiger partial charge >= 0.3 is 5.97 Å². The van der Waals surface area contributed by atoms with E-state index in [1.54, 1.807) is 19.2 Å². The summed E-state index contributed by atoms with van der Waals surface area (Å²) in [5.74, 6) is 1.15. The number of hydrogen-bond acceptors (Lipinski definition) is 3. The minimum Gasteiger partial charge on any atom is -0.497 e. The molecule has 1 atom stereocenters. The van der Waals surface area contributed by atoms with Crippen LogP contribution in [-0.2, 0) is 4.79 Å². The van der Waals surface area contributed by atoms with Crippen LogP contribution in [0.1, 0.15) is 24.8 Å². The number of hydrogen-bond donors (Lipinski definition) is 0. The number of rotatable bonds is 2. The van der Waals surface area contributed by atoms with Gasteiger partial charge in [-0.15, -0.1) is 0 Å². The number of ether oxygens (including phenoxy) is 2. The highest BCUT2D eigenvalue weighted by atomic mass is 16.5. The molecule has 3 nitrogen and oxygen atoms in total. The Morgan fingerprint density at radius 1 is 1.50 bits per heavy atom. The molecule has 1 unspecified atom stereocenters. The molecular weight excluding hydrogens is 180 g/mol. The second-order valence-corrected chi connectivity index (χ2v) is 3.29. The lowest BCUT2D eigenvalue weighted by Gasteiger charge is -2.04. The number of fused-ring (bicyclic) bond motifs is 1. The van der Waals surface area contributed by atoms with E-state index in [4.69, 9.17) is 9.47 Å². The van der Waals surface area contributed by atoms with Crippen molar-refractivity contribution >= 4 is 5.97 Å². The quantitative estimate of drug-likeness (QED) is 0.531. The summed E-state index contributed by atoms with van der Waals surface area (Å²) in [5, 5.41) is 0. The second-order valence-electron chi connectivity index (χ2n) is 3.29. The normalized spacial score (nSPS) is 19.0. The molecule has 0 amide bonds. The molecule has 0 aromatic heterocycles. The van der Waals surface area contributed by atoms with Crippen molar-refractivity contribution in [2.45, 2.75) is 19.3 Å². The Labute approximate surface area is 82.6 Å². The van der Waals surface area contributed by atoms with Gasteiger partial charge in [-0.3, -0.25) is 4.79 Å². The van der Waals surface area contributed by atoms with Crippen LogP contribution in [-0.4, -0.2) is 13.1 Å². The van der Waals surface area contributed by atoms with E-state index in [9.17, 15) is 4.79 Å². The van der Waals surface area contributed by atoms with Crippen LogP contribution in [0.2, 0.25) is 0 Å². The highest BCUT2D eigenvalue weighted by Gasteiger charge is 2.31. The Kier molecular flexibility index (Phi) is 2.15. The van der Waals surface area contributed by atoms with Crippen molar-refractivity contribution in [3.63, 3.8) is 0 Å². The van der Waals surface area contributed by atoms with Gasteiger partial charge in [0.2, 0.25) is 0 Å². The van der Waals surface area contributed by atoms with Crippen molar-refractivity contribution in [3.8, 4) is 11.5 Å². The smallest absolute Gasteiger partial charge is 0.318 e. The van der Waals surface area contributed by atoms with Crippen LogP contribution < -0.4 is 9.47 Å². The van der Waals surface area contributed by atoms with E-state index in [-0.39, 0.29) is 11.9 Å². The summed E-state index contributed by atoms with van der Waals surface area (Å²) >= 11 is 0. The molecular formula is C11H12O3. The summed E-state index contributed by atoms with van der Waals surface area (Å²) < 4.78 is 10.2. The summed E-state index contributed by atoms with van der Waals surface area (Å²) in [6.07, 6.45) is 0.763. The maximum Gasteiger partial charge on any atom is 0.318 e. The van der Waals surface area contributed by atoms with Gasteiger partial charge in [0, 0.05) is 5.56 Å². The van der Waals surface area contributed by atoms with E-state index in [0.717, 1.165) is 17.7 Å². The average molecular weight is 192 g/mol. The molecule has 3 heteroatoms. The topological polar surface area (TPSA) is 35.5 Å². The summed E-state index contributed by atoms with van der Waals surface area (Å²) in [5.41, 5.74) is 0.942. The zero-order valence-corrected chi connectivity index (χ0v) is 8.24. The molecule has 0 spiro atoms. The minimum atomic E-state index is -0.157. The summed E-state index contributed by atoms with van der Waals surface area (Å²) in [6, 6.07) is 5.44. The average Bonchev–Trinajstić information content (AvgIpc) is 2.52. The molecule has 0 bridgehead atoms. The molecule has 0 aliphatic carbocycles. The van der Waals surface area contributed by atoms with Crippen LogP contribution in [0.25, 0.3) is 0 Å². The summed E-state index contributed by atoms with van der Waals surface area (Å²) in [4.78, 5) is 11.4. The van der Waals surface area contributed by atoms with Crippen LogP contribution in [0.15, 0.2) is 18.2 Å². The Morgan fingerprint density at radius 3 is 2.93 bits per heavy atom. The Morgan fingerprint density at radius 2 is 2.29 bits per heavy atom. The molecule has 14 heavy (non-hydrogen) atoms. The largest absolute Gasteiger partial charge is 0.497 e. The molecule has 74 valence electrons. The van der Waals surface area contributed by atoms with Gasteiger partial charge in [0.05, 0.1) is 13.0 Å². The van der Waals surface area contributed by atoms with Gasteiger partial charge < -0.3 is 9.47 Å². The SMILES string of the molecule is CCC1C(=O)Oc2ccc(OC)cc21. The fourth-order valence-corrected chi connectivity index (χ4v) is 1.71. The third-order valence-electron chi connectivity index (χ3n) is 2.50. The highest BCUT2D eigenvalue weighted by molar-refractivity contribution is 5.86. The van der Waals surface area contributed by atoms with Crippen LogP contribution in [0, 0.1) is 0 Å². The molecule has 2 rings (SSSR count). The Bertz CT molecular complexity index is 371. The van der Waals surface area contributed by atoms with Crippen LogP contribution in [0.5, 0.6) is 11.5 Å². The zero-order chi connectivity index (χ0) is 10.1. The van der Waals surface area contributed by atoms with E-state index in [1.165, 1.54) is 0 Å². The molecule has 1 aromatic rings. The van der Waals surface area contributed by atoms with Gasteiger partial charge in [0.15, 0.2) is 0 Å². The number of carbonyl (C=O) groups excluding carboxylic acids is 1. The lowest BCUT2D eigenvalue weighted by atomic mass is 9.98. The van der Waals surface area contributed by atoms with E-state index in [0.29, 0.717) is 5.75 Å². The van der Waals surface area contributed by atoms with Crippen molar-refractivity contribution in [3.05, 3.63) is 23.8 Å². The van der Waals surface area contributed by atoms with Crippen LogP contribution in [0.3, 0.4) is 0 Å². The van der Waals surface area contributed by atoms with Gasteiger partial charge in [-0.05, 0) is 24.6 Å². The van der Waals surface area contributed by atoms with Gasteiger partial charge in [-0.1, -0.05) is 6.92 Å². The first kappa shape index (κ1) is 9.06. The predicted molar refractivity (Wildman–Crippen MR) is 51.7 cm³/mol. The van der Waals surface area contributed by atoms with Gasteiger partial charge in [0.25, 0.3) is 0 Å². The maximum absolute atomic E-state index is 11.4. The lowest BCUT2D eigenvalue weighted by molar-refractivity contribution is -0.134. The number of benzene rings is 1. The van der Waals surface area contributed by atoms with E-state index in [2.05, 4.69) is 0 Å². The summed E-state index contributed by atoms with van der Waals surface area (Å²) in [6.45, 7) is 1.97. The molecule has 1 heterocycles. The molecule has 0 saturated carbocycles. The van der Waals surface area contributed by atoms with Gasteiger partial charge in [-0.2, -0.15) is 0 Å². The fraction of sp³-hybridized carbons (Fsp3) is 0.364. The molecule has 0 fully saturated rings. The predicted octanol–water partition coefficient (Wildman–Crippen LogP) is 2.11. The number of methoxy groups -OCH3 is 1. The molecule has 0 saturated heterocycles. The van der Waals surface area contributed by atoms with Crippen LogP contribution >= 0.6 is 0 Å². The second kappa shape index (κ2) is 3.33. The lowest BCUT2D eigenvalue weighted by Crippen LogP contribution is -2.08. The first-order valence-corrected chi connectivity index (χ1v) is 4.66. The van der Waals surface area contributed by atoms with Crippen molar-refractivity contribution in [2.24, 2.45) is 0 Å². The third-order valence-corrected chi connectivity index (χ3v) is 2.50. The van der Waals surface area contributed by atoms with E-state index < -0.39 is 0 Å². The maximum atomic E-state index is 11.4. The van der Waals surface area contributed by atoms with E-state index in [1.807, 2.05) is 13.0 Å². The number of esters is 1. The van der Waals surface area contributed by atoms with Gasteiger partial charge in [-0.25, -0.2) is 0 Å². The van der Waals surface area contributed by atoms with E-state index >= 15 is 0 Å². The zero-order valence-electron chi connectivity index (χ0n) is 8.24. The monoisotopic (exact) mass is 192 g/mol.